The number of ether oxygens (including phenoxy) is 2. The van der Waals surface area contributed by atoms with Gasteiger partial charge in [-0.25, -0.2) is 0 Å². The molecule has 0 saturated heterocycles. The monoisotopic (exact) mass is 309 g/mol. The van der Waals surface area contributed by atoms with Crippen LogP contribution in [0.4, 0.5) is 0 Å². The van der Waals surface area contributed by atoms with E-state index in [9.17, 15) is 9.59 Å². The third-order valence-electron chi connectivity index (χ3n) is 2.90. The van der Waals surface area contributed by atoms with E-state index in [-0.39, 0.29) is 24.0 Å². The van der Waals surface area contributed by atoms with Crippen LogP contribution in [0.25, 0.3) is 0 Å². The van der Waals surface area contributed by atoms with Gasteiger partial charge in [0.25, 0.3) is 0 Å². The van der Waals surface area contributed by atoms with Crippen molar-refractivity contribution in [3.63, 3.8) is 0 Å². The molecule has 0 fully saturated rings. The Hall–Kier alpha value is -2.06. The van der Waals surface area contributed by atoms with Gasteiger partial charge in [-0.3, -0.25) is 9.59 Å². The van der Waals surface area contributed by atoms with Crippen LogP contribution in [-0.4, -0.2) is 25.0 Å². The van der Waals surface area contributed by atoms with Crippen LogP contribution in [0.1, 0.15) is 26.3 Å². The maximum absolute atomic E-state index is 12.1. The lowest BCUT2D eigenvalue weighted by atomic mass is 9.88. The number of nitriles is 1. The van der Waals surface area contributed by atoms with E-state index in [1.807, 2.05) is 6.07 Å². The Morgan fingerprint density at radius 1 is 1.38 bits per heavy atom. The van der Waals surface area contributed by atoms with E-state index < -0.39 is 17.2 Å². The topological polar surface area (TPSA) is 76.4 Å². The smallest absolute Gasteiger partial charge is 0.319 e. The molecule has 0 aliphatic carbocycles. The molecule has 0 heterocycles. The van der Waals surface area contributed by atoms with Gasteiger partial charge in [0.05, 0.1) is 23.3 Å². The maximum Gasteiger partial charge on any atom is 0.319 e. The average molecular weight is 310 g/mol. The highest BCUT2D eigenvalue weighted by Crippen LogP contribution is 2.26. The molecular formula is C15H16ClNO4. The number of Topliss-reactive ketones (excluding diaryl/α,β-unsaturated/α-hetero) is 1. The van der Waals surface area contributed by atoms with Crippen molar-refractivity contribution in [2.24, 2.45) is 5.41 Å². The van der Waals surface area contributed by atoms with Crippen molar-refractivity contribution < 1.29 is 19.1 Å². The Morgan fingerprint density at radius 3 is 2.57 bits per heavy atom. The summed E-state index contributed by atoms with van der Waals surface area (Å²) in [6, 6.07) is 6.42. The summed E-state index contributed by atoms with van der Waals surface area (Å²) in [6.07, 6.45) is 0. The normalized spacial score (nSPS) is 10.6. The van der Waals surface area contributed by atoms with Crippen LogP contribution in [0.5, 0.6) is 5.75 Å². The van der Waals surface area contributed by atoms with E-state index in [1.54, 1.807) is 6.92 Å². The molecule has 0 atom stereocenters. The maximum atomic E-state index is 12.1. The molecule has 0 amide bonds. The van der Waals surface area contributed by atoms with Crippen LogP contribution >= 0.6 is 11.6 Å². The molecule has 0 radical (unpaired) electrons. The lowest BCUT2D eigenvalue weighted by Gasteiger charge is -2.20. The van der Waals surface area contributed by atoms with Gasteiger partial charge in [-0.15, -0.1) is 0 Å². The first-order valence-electron chi connectivity index (χ1n) is 6.36. The number of benzene rings is 1. The first-order chi connectivity index (χ1) is 9.82. The third-order valence-corrected chi connectivity index (χ3v) is 3.20. The van der Waals surface area contributed by atoms with E-state index in [0.29, 0.717) is 5.56 Å². The van der Waals surface area contributed by atoms with Crippen LogP contribution in [0.2, 0.25) is 5.02 Å². The van der Waals surface area contributed by atoms with Crippen molar-refractivity contribution in [2.45, 2.75) is 20.8 Å². The molecule has 21 heavy (non-hydrogen) atoms. The van der Waals surface area contributed by atoms with Crippen LogP contribution in [0.15, 0.2) is 18.2 Å². The minimum absolute atomic E-state index is 0.206. The van der Waals surface area contributed by atoms with Crippen molar-refractivity contribution in [2.75, 3.05) is 13.2 Å². The number of carbonyl (C=O) groups is 2. The molecule has 0 aliphatic rings. The van der Waals surface area contributed by atoms with Gasteiger partial charge in [0.2, 0.25) is 0 Å². The largest absolute Gasteiger partial charge is 0.484 e. The molecule has 0 aliphatic heterocycles. The molecule has 0 unspecified atom stereocenters. The molecule has 0 N–H and O–H groups in total. The molecule has 1 aromatic carbocycles. The molecular weight excluding hydrogens is 294 g/mol. The fraction of sp³-hybridized carbons (Fsp3) is 0.400. The highest BCUT2D eigenvalue weighted by atomic mass is 35.5. The van der Waals surface area contributed by atoms with Gasteiger partial charge in [0.15, 0.2) is 5.78 Å². The first-order valence-corrected chi connectivity index (χ1v) is 6.73. The summed E-state index contributed by atoms with van der Waals surface area (Å²) >= 11 is 5.94. The van der Waals surface area contributed by atoms with Gasteiger partial charge >= 0.3 is 5.97 Å². The molecule has 0 spiro atoms. The molecule has 0 bridgehead atoms. The highest BCUT2D eigenvalue weighted by molar-refractivity contribution is 6.32. The van der Waals surface area contributed by atoms with Crippen LogP contribution in [-0.2, 0) is 14.3 Å². The number of hydrogen-bond donors (Lipinski definition) is 0. The summed E-state index contributed by atoms with van der Waals surface area (Å²) in [6.45, 7) is 4.54. The summed E-state index contributed by atoms with van der Waals surface area (Å²) in [4.78, 5) is 23.8. The van der Waals surface area contributed by atoms with Crippen molar-refractivity contribution in [3.8, 4) is 11.8 Å². The van der Waals surface area contributed by atoms with E-state index in [4.69, 9.17) is 26.3 Å². The molecule has 112 valence electrons. The number of rotatable bonds is 6. The minimum Gasteiger partial charge on any atom is -0.484 e. The second-order valence-electron chi connectivity index (χ2n) is 4.81. The minimum atomic E-state index is -1.28. The first kappa shape index (κ1) is 17.0. The Kier molecular flexibility index (Phi) is 5.74. The van der Waals surface area contributed by atoms with Crippen LogP contribution in [0, 0.1) is 16.7 Å². The van der Waals surface area contributed by atoms with E-state index >= 15 is 0 Å². The number of ketones is 1. The molecule has 5 nitrogen and oxygen atoms in total. The van der Waals surface area contributed by atoms with Crippen molar-refractivity contribution in [3.05, 3.63) is 28.8 Å². The average Bonchev–Trinajstić information content (AvgIpc) is 2.45. The number of carbonyl (C=O) groups excluding carboxylic acids is 2. The van der Waals surface area contributed by atoms with Crippen LogP contribution in [0.3, 0.4) is 0 Å². The molecule has 0 aromatic heterocycles. The third kappa shape index (κ3) is 4.20. The Bertz CT molecular complexity index is 590. The number of hydrogen-bond acceptors (Lipinski definition) is 5. The van der Waals surface area contributed by atoms with Crippen molar-refractivity contribution in [1.82, 2.24) is 0 Å². The molecule has 6 heteroatoms. The van der Waals surface area contributed by atoms with Crippen LogP contribution < -0.4 is 4.74 Å². The van der Waals surface area contributed by atoms with Gasteiger partial charge in [-0.2, -0.15) is 5.26 Å². The zero-order valence-electron chi connectivity index (χ0n) is 12.1. The van der Waals surface area contributed by atoms with Gasteiger partial charge in [0, 0.05) is 0 Å². The van der Waals surface area contributed by atoms with Crippen molar-refractivity contribution >= 4 is 23.4 Å². The Balaban J connectivity index is 2.73. The summed E-state index contributed by atoms with van der Waals surface area (Å²) < 4.78 is 10.2. The van der Waals surface area contributed by atoms with E-state index in [2.05, 4.69) is 0 Å². The molecule has 1 aromatic rings. The van der Waals surface area contributed by atoms with Crippen molar-refractivity contribution in [1.29, 1.82) is 5.26 Å². The van der Waals surface area contributed by atoms with E-state index in [0.717, 1.165) is 0 Å². The highest BCUT2D eigenvalue weighted by Gasteiger charge is 2.37. The van der Waals surface area contributed by atoms with Gasteiger partial charge < -0.3 is 9.47 Å². The Labute approximate surface area is 128 Å². The summed E-state index contributed by atoms with van der Waals surface area (Å²) in [7, 11) is 0. The second kappa shape index (κ2) is 7.09. The van der Waals surface area contributed by atoms with Gasteiger partial charge in [0.1, 0.15) is 17.8 Å². The molecule has 1 rings (SSSR count). The van der Waals surface area contributed by atoms with E-state index in [1.165, 1.54) is 32.0 Å². The fourth-order valence-corrected chi connectivity index (χ4v) is 1.67. The molecule has 0 saturated carbocycles. The van der Waals surface area contributed by atoms with Gasteiger partial charge in [-0.1, -0.05) is 11.6 Å². The predicted molar refractivity (Wildman–Crippen MR) is 77.1 cm³/mol. The summed E-state index contributed by atoms with van der Waals surface area (Å²) in [5.41, 5.74) is -0.889. The second-order valence-corrected chi connectivity index (χ2v) is 5.22. The number of nitrogens with zero attached hydrogens (tertiary/aromatic N) is 1. The lowest BCUT2D eigenvalue weighted by molar-refractivity contribution is -0.158. The standard InChI is InChI=1S/C15H16ClNO4/c1-4-20-14(19)15(2,3)13(18)9-21-12-6-5-10(8-17)7-11(12)16/h5-7H,4,9H2,1-3H3. The van der Waals surface area contributed by atoms with Gasteiger partial charge in [-0.05, 0) is 39.0 Å². The summed E-state index contributed by atoms with van der Waals surface area (Å²) in [5, 5.41) is 8.97. The predicted octanol–water partition coefficient (Wildman–Crippen LogP) is 2.75. The number of esters is 1. The number of halogens is 1. The lowest BCUT2D eigenvalue weighted by Crippen LogP contribution is -2.38. The zero-order chi connectivity index (χ0) is 16.0. The Morgan fingerprint density at radius 2 is 2.05 bits per heavy atom. The summed E-state index contributed by atoms with van der Waals surface area (Å²) in [5.74, 6) is -0.727. The SMILES string of the molecule is CCOC(=O)C(C)(C)C(=O)COc1ccc(C#N)cc1Cl. The zero-order valence-corrected chi connectivity index (χ0v) is 12.9. The fourth-order valence-electron chi connectivity index (χ4n) is 1.44. The quantitative estimate of drug-likeness (QED) is 0.596.